The third kappa shape index (κ3) is 6.61. The second-order valence-corrected chi connectivity index (χ2v) is 8.21. The standard InChI is InChI=1S/C17H26N4O3.C4H10N2/c1-14-11-16(21(22)23)12-15(13-19-7-9-24-10-8-19)17(14)20-5-3-18(2)4-6-20;1-2-6-4-3-5-1/h11-12H,3-10,13H2,1-2H3;5-6H,1-4H2. The van der Waals surface area contributed by atoms with Crippen LogP contribution in [0.3, 0.4) is 0 Å². The van der Waals surface area contributed by atoms with E-state index in [-0.39, 0.29) is 10.6 Å². The largest absolute Gasteiger partial charge is 0.379 e. The predicted octanol–water partition coefficient (Wildman–Crippen LogP) is 0.666. The summed E-state index contributed by atoms with van der Waals surface area (Å²) in [6.45, 7) is 14.5. The van der Waals surface area contributed by atoms with Crippen molar-refractivity contribution in [2.45, 2.75) is 13.5 Å². The van der Waals surface area contributed by atoms with Gasteiger partial charge in [0.1, 0.15) is 0 Å². The van der Waals surface area contributed by atoms with Crippen molar-refractivity contribution in [3.05, 3.63) is 33.4 Å². The van der Waals surface area contributed by atoms with Crippen molar-refractivity contribution in [2.75, 3.05) is 90.6 Å². The Morgan fingerprint density at radius 3 is 2.13 bits per heavy atom. The molecule has 9 heteroatoms. The monoisotopic (exact) mass is 420 g/mol. The molecule has 0 aromatic heterocycles. The Balaban J connectivity index is 0.000000367. The molecule has 2 N–H and O–H groups in total. The second-order valence-electron chi connectivity index (χ2n) is 8.21. The summed E-state index contributed by atoms with van der Waals surface area (Å²) in [6, 6.07) is 3.46. The first-order chi connectivity index (χ1) is 14.5. The number of morpholine rings is 1. The molecule has 4 rings (SSSR count). The molecule has 0 amide bonds. The van der Waals surface area contributed by atoms with Gasteiger partial charge >= 0.3 is 0 Å². The zero-order chi connectivity index (χ0) is 21.3. The van der Waals surface area contributed by atoms with Gasteiger partial charge in [0.2, 0.25) is 0 Å². The summed E-state index contributed by atoms with van der Waals surface area (Å²) in [7, 11) is 2.13. The lowest BCUT2D eigenvalue weighted by molar-refractivity contribution is -0.385. The third-order valence-corrected chi connectivity index (χ3v) is 5.85. The molecule has 3 heterocycles. The normalized spacial score (nSPS) is 21.1. The zero-order valence-corrected chi connectivity index (χ0v) is 18.4. The van der Waals surface area contributed by atoms with Gasteiger partial charge in [0.15, 0.2) is 0 Å². The van der Waals surface area contributed by atoms with E-state index in [9.17, 15) is 10.1 Å². The number of ether oxygens (including phenoxy) is 1. The minimum Gasteiger partial charge on any atom is -0.379 e. The van der Waals surface area contributed by atoms with Crippen molar-refractivity contribution in [1.82, 2.24) is 20.4 Å². The highest BCUT2D eigenvalue weighted by Gasteiger charge is 2.23. The van der Waals surface area contributed by atoms with Crippen molar-refractivity contribution in [1.29, 1.82) is 0 Å². The number of nitrogens with zero attached hydrogens (tertiary/aromatic N) is 4. The van der Waals surface area contributed by atoms with E-state index < -0.39 is 0 Å². The van der Waals surface area contributed by atoms with E-state index in [0.717, 1.165) is 96.3 Å². The van der Waals surface area contributed by atoms with Crippen LogP contribution in [0, 0.1) is 17.0 Å². The SMILES string of the molecule is C1CNCCN1.Cc1cc([N+](=O)[O-])cc(CN2CCOCC2)c1N1CCN(C)CC1. The highest BCUT2D eigenvalue weighted by molar-refractivity contribution is 5.63. The fraction of sp³-hybridized carbons (Fsp3) is 0.714. The molecule has 3 fully saturated rings. The number of aryl methyl sites for hydroxylation is 1. The molecule has 0 spiro atoms. The number of benzene rings is 1. The average Bonchev–Trinajstić information content (AvgIpc) is 2.77. The number of non-ortho nitro benzene ring substituents is 1. The molecule has 3 aliphatic heterocycles. The van der Waals surface area contributed by atoms with Gasteiger partial charge in [-0.1, -0.05) is 0 Å². The summed E-state index contributed by atoms with van der Waals surface area (Å²) in [5.74, 6) is 0. The Bertz CT molecular complexity index is 672. The lowest BCUT2D eigenvalue weighted by Crippen LogP contribution is -2.45. The first-order valence-corrected chi connectivity index (χ1v) is 11.0. The minimum atomic E-state index is -0.288. The number of anilines is 1. The van der Waals surface area contributed by atoms with E-state index in [0.29, 0.717) is 0 Å². The predicted molar refractivity (Wildman–Crippen MR) is 119 cm³/mol. The van der Waals surface area contributed by atoms with E-state index in [1.54, 1.807) is 12.1 Å². The van der Waals surface area contributed by atoms with Crippen LogP contribution in [0.25, 0.3) is 0 Å². The van der Waals surface area contributed by atoms with Gasteiger partial charge in [-0.05, 0) is 25.1 Å². The Hall–Kier alpha value is -1.78. The van der Waals surface area contributed by atoms with E-state index in [1.807, 2.05) is 6.92 Å². The maximum Gasteiger partial charge on any atom is 0.270 e. The van der Waals surface area contributed by atoms with E-state index in [1.165, 1.54) is 5.69 Å². The summed E-state index contributed by atoms with van der Waals surface area (Å²) < 4.78 is 5.42. The van der Waals surface area contributed by atoms with Gasteiger partial charge < -0.3 is 25.2 Å². The lowest BCUT2D eigenvalue weighted by atomic mass is 10.0. The lowest BCUT2D eigenvalue weighted by Gasteiger charge is -2.37. The topological polar surface area (TPSA) is 86.1 Å². The van der Waals surface area contributed by atoms with Crippen LogP contribution in [0.5, 0.6) is 0 Å². The van der Waals surface area contributed by atoms with Gasteiger partial charge in [-0.15, -0.1) is 0 Å². The van der Waals surface area contributed by atoms with Crippen LogP contribution in [-0.4, -0.2) is 100 Å². The number of hydrogen-bond donors (Lipinski definition) is 2. The molecule has 1 aromatic rings. The van der Waals surface area contributed by atoms with Crippen molar-refractivity contribution in [3.8, 4) is 0 Å². The first-order valence-electron chi connectivity index (χ1n) is 11.0. The van der Waals surface area contributed by atoms with Crippen LogP contribution in [0.2, 0.25) is 0 Å². The zero-order valence-electron chi connectivity index (χ0n) is 18.4. The molecule has 168 valence electrons. The fourth-order valence-corrected chi connectivity index (χ4v) is 4.14. The molecule has 0 radical (unpaired) electrons. The number of likely N-dealkylation sites (N-methyl/N-ethyl adjacent to an activating group) is 1. The molecule has 0 aliphatic carbocycles. The Morgan fingerprint density at radius 2 is 1.60 bits per heavy atom. The molecule has 0 unspecified atom stereocenters. The van der Waals surface area contributed by atoms with Gasteiger partial charge in [0.05, 0.1) is 18.1 Å². The van der Waals surface area contributed by atoms with Crippen LogP contribution in [-0.2, 0) is 11.3 Å². The number of nitrogens with one attached hydrogen (secondary N) is 2. The first kappa shape index (κ1) is 22.9. The molecular weight excluding hydrogens is 384 g/mol. The molecule has 0 bridgehead atoms. The minimum absolute atomic E-state index is 0.189. The summed E-state index contributed by atoms with van der Waals surface area (Å²) in [5, 5.41) is 17.7. The average molecular weight is 421 g/mol. The van der Waals surface area contributed by atoms with Crippen molar-refractivity contribution in [3.63, 3.8) is 0 Å². The molecule has 0 saturated carbocycles. The van der Waals surface area contributed by atoms with Gasteiger partial charge in [-0.2, -0.15) is 0 Å². The van der Waals surface area contributed by atoms with Crippen LogP contribution in [0.1, 0.15) is 11.1 Å². The van der Waals surface area contributed by atoms with E-state index in [4.69, 9.17) is 4.74 Å². The molecule has 0 atom stereocenters. The number of rotatable bonds is 4. The van der Waals surface area contributed by atoms with Crippen LogP contribution in [0.15, 0.2) is 12.1 Å². The summed E-state index contributed by atoms with van der Waals surface area (Å²) >= 11 is 0. The van der Waals surface area contributed by atoms with Gasteiger partial charge in [-0.3, -0.25) is 15.0 Å². The highest BCUT2D eigenvalue weighted by atomic mass is 16.6. The molecular formula is C21H36N6O3. The Kier molecular flexibility index (Phi) is 8.83. The fourth-order valence-electron chi connectivity index (χ4n) is 4.14. The smallest absolute Gasteiger partial charge is 0.270 e. The van der Waals surface area contributed by atoms with Crippen LogP contribution in [0.4, 0.5) is 11.4 Å². The van der Waals surface area contributed by atoms with Crippen LogP contribution < -0.4 is 15.5 Å². The van der Waals surface area contributed by atoms with Crippen molar-refractivity contribution < 1.29 is 9.66 Å². The maximum absolute atomic E-state index is 11.3. The maximum atomic E-state index is 11.3. The molecule has 3 saturated heterocycles. The quantitative estimate of drug-likeness (QED) is 0.543. The molecule has 9 nitrogen and oxygen atoms in total. The van der Waals surface area contributed by atoms with Gasteiger partial charge in [0.25, 0.3) is 5.69 Å². The summed E-state index contributed by atoms with van der Waals surface area (Å²) in [4.78, 5) is 18.0. The number of hydrogen-bond acceptors (Lipinski definition) is 8. The van der Waals surface area contributed by atoms with Crippen molar-refractivity contribution >= 4 is 11.4 Å². The second kappa shape index (κ2) is 11.6. The van der Waals surface area contributed by atoms with Gasteiger partial charge in [-0.25, -0.2) is 0 Å². The third-order valence-electron chi connectivity index (χ3n) is 5.85. The molecule has 30 heavy (non-hydrogen) atoms. The summed E-state index contributed by atoms with van der Waals surface area (Å²) in [5.41, 5.74) is 3.43. The van der Waals surface area contributed by atoms with E-state index in [2.05, 4.69) is 32.4 Å². The molecule has 3 aliphatic rings. The van der Waals surface area contributed by atoms with E-state index >= 15 is 0 Å². The summed E-state index contributed by atoms with van der Waals surface area (Å²) in [6.07, 6.45) is 0. The number of nitro groups is 1. The van der Waals surface area contributed by atoms with Crippen molar-refractivity contribution in [2.24, 2.45) is 0 Å². The number of piperazine rings is 2. The number of nitro benzene ring substituents is 1. The highest BCUT2D eigenvalue weighted by Crippen LogP contribution is 2.32. The Labute approximate surface area is 179 Å². The van der Waals surface area contributed by atoms with Gasteiger partial charge in [0, 0.05) is 89.8 Å². The van der Waals surface area contributed by atoms with Crippen LogP contribution >= 0.6 is 0 Å². The molecule has 1 aromatic carbocycles. The Morgan fingerprint density at radius 1 is 1.00 bits per heavy atom.